The number of hydrogen-bond donors (Lipinski definition) is 1. The summed E-state index contributed by atoms with van der Waals surface area (Å²) in [4.78, 5) is 26.8. The summed E-state index contributed by atoms with van der Waals surface area (Å²) in [5, 5.41) is 23.6. The summed E-state index contributed by atoms with van der Waals surface area (Å²) in [6.07, 6.45) is 1.91. The molecule has 4 aromatic rings. The first kappa shape index (κ1) is 29.1. The number of benzene rings is 4. The van der Waals surface area contributed by atoms with Gasteiger partial charge in [-0.25, -0.2) is 0 Å². The monoisotopic (exact) mass is 537 g/mol. The minimum Gasteiger partial charge on any atom is -0.545 e. The van der Waals surface area contributed by atoms with Crippen molar-refractivity contribution in [3.63, 3.8) is 0 Å². The summed E-state index contributed by atoms with van der Waals surface area (Å²) in [6, 6.07) is 29.9. The zero-order chi connectivity index (χ0) is 27.4. The summed E-state index contributed by atoms with van der Waals surface area (Å²) < 4.78 is 0. The Kier molecular flexibility index (Phi) is 9.44. The van der Waals surface area contributed by atoms with Gasteiger partial charge in [-0.1, -0.05) is 60.7 Å². The van der Waals surface area contributed by atoms with E-state index < -0.39 is 5.97 Å². The molecule has 0 spiro atoms. The van der Waals surface area contributed by atoms with Gasteiger partial charge in [-0.05, 0) is 77.9 Å². The summed E-state index contributed by atoms with van der Waals surface area (Å²) in [5.74, 6) is -1.31. The molecule has 1 N–H and O–H groups in total. The molecule has 0 saturated heterocycles. The molecule has 1 atom stereocenters. The standard InChI is InChI=1S/C33H29N3O3.Na/c1-22(25-12-8-23(20-34)9-13-25)35-32(37)28-16-17-31-27(19-28)5-4-18-36(31)21-24-10-14-26(15-11-24)29-6-2-3-7-30(29)33(38)39;/h2-3,6-17,19,22H,4-5,18,21H2,1H3,(H,35,37)(H,38,39);/q;+1/p-1/t22-;/m0./s1. The molecule has 0 saturated carbocycles. The molecule has 0 bridgehead atoms. The van der Waals surface area contributed by atoms with Crippen LogP contribution in [0, 0.1) is 11.3 Å². The maximum atomic E-state index is 13.0. The molecule has 1 amide bonds. The Bertz CT molecular complexity index is 1560. The van der Waals surface area contributed by atoms with E-state index in [2.05, 4.69) is 16.3 Å². The predicted molar refractivity (Wildman–Crippen MR) is 149 cm³/mol. The number of carbonyl (C=O) groups excluding carboxylic acids is 2. The summed E-state index contributed by atoms with van der Waals surface area (Å²) in [5.41, 5.74) is 7.23. The van der Waals surface area contributed by atoms with Crippen molar-refractivity contribution in [2.24, 2.45) is 0 Å². The van der Waals surface area contributed by atoms with Gasteiger partial charge in [0, 0.05) is 29.9 Å². The third-order valence-electron chi connectivity index (χ3n) is 7.23. The van der Waals surface area contributed by atoms with E-state index in [0.29, 0.717) is 16.7 Å². The number of nitrogens with zero attached hydrogens (tertiary/aromatic N) is 2. The predicted octanol–water partition coefficient (Wildman–Crippen LogP) is 2.04. The van der Waals surface area contributed by atoms with E-state index in [1.807, 2.05) is 67.6 Å². The Labute approximate surface area is 256 Å². The first-order valence-corrected chi connectivity index (χ1v) is 13.0. The molecule has 1 aliphatic rings. The number of aromatic carboxylic acids is 1. The van der Waals surface area contributed by atoms with Crippen LogP contribution in [0.2, 0.25) is 0 Å². The number of carbonyl (C=O) groups is 2. The number of amides is 1. The maximum absolute atomic E-state index is 13.0. The number of carboxylic acid groups (broad SMARTS) is 1. The minimum atomic E-state index is -1.18. The van der Waals surface area contributed by atoms with Gasteiger partial charge < -0.3 is 20.1 Å². The van der Waals surface area contributed by atoms with Crippen LogP contribution in [0.3, 0.4) is 0 Å². The molecule has 0 unspecified atom stereocenters. The van der Waals surface area contributed by atoms with Gasteiger partial charge in [-0.15, -0.1) is 0 Å². The van der Waals surface area contributed by atoms with Gasteiger partial charge in [0.2, 0.25) is 0 Å². The van der Waals surface area contributed by atoms with E-state index in [0.717, 1.165) is 53.9 Å². The van der Waals surface area contributed by atoms with Crippen LogP contribution in [0.4, 0.5) is 5.69 Å². The number of nitrogens with one attached hydrogen (secondary N) is 1. The third kappa shape index (κ3) is 6.46. The Balaban J connectivity index is 0.00000370. The molecule has 1 aliphatic heterocycles. The maximum Gasteiger partial charge on any atom is 1.00 e. The molecule has 5 rings (SSSR count). The Morgan fingerprint density at radius 2 is 1.73 bits per heavy atom. The van der Waals surface area contributed by atoms with Gasteiger partial charge in [0.25, 0.3) is 5.91 Å². The number of anilines is 1. The number of carboxylic acids is 1. The average Bonchev–Trinajstić information content (AvgIpc) is 2.97. The van der Waals surface area contributed by atoms with Crippen molar-refractivity contribution in [3.8, 4) is 17.2 Å². The summed E-state index contributed by atoms with van der Waals surface area (Å²) in [6.45, 7) is 3.57. The second-order valence-corrected chi connectivity index (χ2v) is 9.83. The van der Waals surface area contributed by atoms with Crippen molar-refractivity contribution in [2.75, 3.05) is 11.4 Å². The fourth-order valence-electron chi connectivity index (χ4n) is 5.11. The van der Waals surface area contributed by atoms with Crippen molar-refractivity contribution in [1.82, 2.24) is 5.32 Å². The first-order chi connectivity index (χ1) is 18.9. The van der Waals surface area contributed by atoms with Crippen LogP contribution in [0.25, 0.3) is 11.1 Å². The van der Waals surface area contributed by atoms with Crippen molar-refractivity contribution >= 4 is 17.6 Å². The molecule has 0 fully saturated rings. The zero-order valence-corrected chi connectivity index (χ0v) is 24.7. The molecular formula is C33H28N3NaO3. The van der Waals surface area contributed by atoms with Gasteiger partial charge in [0.15, 0.2) is 0 Å². The molecule has 6 nitrogen and oxygen atoms in total. The second kappa shape index (κ2) is 13.0. The Morgan fingerprint density at radius 1 is 1.00 bits per heavy atom. The SMILES string of the molecule is C[C@H](NC(=O)c1ccc2c(c1)CCCN2Cc1ccc(-c2ccccc2C(=O)[O-])cc1)c1ccc(C#N)cc1.[Na+]. The molecule has 1 heterocycles. The van der Waals surface area contributed by atoms with Gasteiger partial charge >= 0.3 is 29.6 Å². The molecule has 4 aromatic carbocycles. The largest absolute Gasteiger partial charge is 1.00 e. The minimum absolute atomic E-state index is 0. The number of hydrogen-bond acceptors (Lipinski definition) is 5. The normalized spacial score (nSPS) is 12.8. The van der Waals surface area contributed by atoms with Crippen LogP contribution in [-0.4, -0.2) is 18.4 Å². The molecule has 7 heteroatoms. The van der Waals surface area contributed by atoms with Gasteiger partial charge in [-0.2, -0.15) is 5.26 Å². The molecular weight excluding hydrogens is 509 g/mol. The van der Waals surface area contributed by atoms with E-state index in [1.165, 1.54) is 0 Å². The van der Waals surface area contributed by atoms with Crippen molar-refractivity contribution in [1.29, 1.82) is 5.26 Å². The van der Waals surface area contributed by atoms with Gasteiger partial charge in [0.1, 0.15) is 0 Å². The van der Waals surface area contributed by atoms with E-state index in [1.54, 1.807) is 30.3 Å². The fraction of sp³-hybridized carbons (Fsp3) is 0.182. The van der Waals surface area contributed by atoms with Crippen molar-refractivity contribution < 1.29 is 44.3 Å². The van der Waals surface area contributed by atoms with Crippen LogP contribution < -0.4 is 44.9 Å². The van der Waals surface area contributed by atoms with Crippen molar-refractivity contribution in [2.45, 2.75) is 32.4 Å². The van der Waals surface area contributed by atoms with E-state index in [-0.39, 0.29) is 47.1 Å². The summed E-state index contributed by atoms with van der Waals surface area (Å²) in [7, 11) is 0. The third-order valence-corrected chi connectivity index (χ3v) is 7.23. The van der Waals surface area contributed by atoms with Crippen molar-refractivity contribution in [3.05, 3.63) is 124 Å². The average molecular weight is 538 g/mol. The fourth-order valence-corrected chi connectivity index (χ4v) is 5.11. The van der Waals surface area contributed by atoms with Crippen LogP contribution in [0.15, 0.2) is 91.0 Å². The zero-order valence-electron chi connectivity index (χ0n) is 22.7. The van der Waals surface area contributed by atoms with Crippen LogP contribution >= 0.6 is 0 Å². The van der Waals surface area contributed by atoms with Crippen LogP contribution in [0.1, 0.15) is 62.4 Å². The van der Waals surface area contributed by atoms with E-state index >= 15 is 0 Å². The summed E-state index contributed by atoms with van der Waals surface area (Å²) >= 11 is 0. The van der Waals surface area contributed by atoms with Gasteiger partial charge in [0.05, 0.1) is 23.6 Å². The first-order valence-electron chi connectivity index (χ1n) is 13.0. The van der Waals surface area contributed by atoms with Crippen LogP contribution in [0.5, 0.6) is 0 Å². The Hall–Kier alpha value is -3.89. The topological polar surface area (TPSA) is 96.3 Å². The smallest absolute Gasteiger partial charge is 0.545 e. The Morgan fingerprint density at radius 3 is 2.42 bits per heavy atom. The molecule has 0 aromatic heterocycles. The quantitative estimate of drug-likeness (QED) is 0.364. The van der Waals surface area contributed by atoms with E-state index in [4.69, 9.17) is 5.26 Å². The number of rotatable bonds is 7. The second-order valence-electron chi connectivity index (χ2n) is 9.83. The van der Waals surface area contributed by atoms with E-state index in [9.17, 15) is 14.7 Å². The van der Waals surface area contributed by atoms with Crippen LogP contribution in [-0.2, 0) is 13.0 Å². The number of fused-ring (bicyclic) bond motifs is 1. The molecule has 40 heavy (non-hydrogen) atoms. The van der Waals surface area contributed by atoms with Gasteiger partial charge in [-0.3, -0.25) is 4.79 Å². The molecule has 0 radical (unpaired) electrons. The molecule has 0 aliphatic carbocycles. The number of nitriles is 1. The number of aryl methyl sites for hydroxylation is 1. The molecule has 194 valence electrons.